The number of nitrogens with zero attached hydrogens (tertiary/aromatic N) is 2. The molecule has 1 aromatic carbocycles. The number of amides is 1. The molecular formula is C11H12N4O. The Bertz CT molecular complexity index is 518. The van der Waals surface area contributed by atoms with E-state index in [0.717, 1.165) is 11.3 Å². The van der Waals surface area contributed by atoms with Gasteiger partial charge in [-0.25, -0.2) is 4.98 Å². The lowest BCUT2D eigenvalue weighted by Gasteiger charge is -2.02. The smallest absolute Gasteiger partial charge is 0.295 e. The van der Waals surface area contributed by atoms with E-state index in [2.05, 4.69) is 20.5 Å². The van der Waals surface area contributed by atoms with Gasteiger partial charge in [0, 0.05) is 5.69 Å². The van der Waals surface area contributed by atoms with Gasteiger partial charge in [-0.05, 0) is 31.5 Å². The van der Waals surface area contributed by atoms with E-state index < -0.39 is 0 Å². The predicted octanol–water partition coefficient (Wildman–Crippen LogP) is 1.67. The number of aromatic amines is 1. The van der Waals surface area contributed by atoms with Crippen LogP contribution in [-0.2, 0) is 0 Å². The summed E-state index contributed by atoms with van der Waals surface area (Å²) < 4.78 is 0. The second-order valence-electron chi connectivity index (χ2n) is 3.57. The van der Waals surface area contributed by atoms with E-state index in [1.807, 2.05) is 31.2 Å². The highest BCUT2D eigenvalue weighted by molar-refractivity contribution is 6.01. The van der Waals surface area contributed by atoms with E-state index in [1.165, 1.54) is 0 Å². The van der Waals surface area contributed by atoms with Gasteiger partial charge in [-0.2, -0.15) is 0 Å². The largest absolute Gasteiger partial charge is 0.319 e. The number of carbonyl (C=O) groups is 1. The van der Waals surface area contributed by atoms with Crippen molar-refractivity contribution >= 4 is 11.6 Å². The highest BCUT2D eigenvalue weighted by Crippen LogP contribution is 2.10. The highest BCUT2D eigenvalue weighted by atomic mass is 16.2. The summed E-state index contributed by atoms with van der Waals surface area (Å²) in [5.74, 6) is 0.461. The number of rotatable bonds is 2. The van der Waals surface area contributed by atoms with Gasteiger partial charge in [0.1, 0.15) is 5.82 Å². The number of carbonyl (C=O) groups excluding carboxylic acids is 1. The summed E-state index contributed by atoms with van der Waals surface area (Å²) in [5.41, 5.74) is 1.83. The van der Waals surface area contributed by atoms with Gasteiger partial charge in [-0.3, -0.25) is 9.89 Å². The summed E-state index contributed by atoms with van der Waals surface area (Å²) in [5, 5.41) is 9.14. The number of benzene rings is 1. The Morgan fingerprint density at radius 3 is 2.81 bits per heavy atom. The molecule has 0 fully saturated rings. The molecule has 0 spiro atoms. The molecule has 0 atom stereocenters. The van der Waals surface area contributed by atoms with Crippen molar-refractivity contribution in [3.63, 3.8) is 0 Å². The summed E-state index contributed by atoms with van der Waals surface area (Å²) >= 11 is 0. The van der Waals surface area contributed by atoms with Crippen molar-refractivity contribution in [3.8, 4) is 0 Å². The number of aromatic nitrogens is 3. The van der Waals surface area contributed by atoms with Crippen LogP contribution in [0.25, 0.3) is 0 Å². The summed E-state index contributed by atoms with van der Waals surface area (Å²) in [7, 11) is 0. The van der Waals surface area contributed by atoms with Crippen LogP contribution in [0.5, 0.6) is 0 Å². The zero-order valence-electron chi connectivity index (χ0n) is 9.11. The molecule has 1 aromatic heterocycles. The van der Waals surface area contributed by atoms with E-state index in [9.17, 15) is 4.79 Å². The van der Waals surface area contributed by atoms with Crippen LogP contribution in [0, 0.1) is 13.8 Å². The van der Waals surface area contributed by atoms with Crippen molar-refractivity contribution in [3.05, 3.63) is 41.5 Å². The standard InChI is InChI=1S/C11H12N4O/c1-7-4-3-5-9(6-7)13-11(16)10-12-8(2)14-15-10/h3-6H,1-2H3,(H,13,16)(H,12,14,15). The molecule has 0 saturated heterocycles. The van der Waals surface area contributed by atoms with Gasteiger partial charge in [0.2, 0.25) is 5.82 Å². The maximum atomic E-state index is 11.7. The Labute approximate surface area is 92.9 Å². The Morgan fingerprint density at radius 1 is 1.38 bits per heavy atom. The molecule has 0 aliphatic rings. The van der Waals surface area contributed by atoms with Gasteiger partial charge in [0.25, 0.3) is 5.91 Å². The molecule has 0 saturated carbocycles. The molecular weight excluding hydrogens is 204 g/mol. The Kier molecular flexibility index (Phi) is 2.68. The zero-order chi connectivity index (χ0) is 11.5. The molecule has 0 radical (unpaired) electrons. The van der Waals surface area contributed by atoms with Crippen molar-refractivity contribution in [2.24, 2.45) is 0 Å². The van der Waals surface area contributed by atoms with Crippen LogP contribution in [0.4, 0.5) is 5.69 Å². The molecule has 82 valence electrons. The summed E-state index contributed by atoms with van der Waals surface area (Å²) in [6.07, 6.45) is 0. The first-order valence-electron chi connectivity index (χ1n) is 4.92. The molecule has 5 heteroatoms. The van der Waals surface area contributed by atoms with Crippen LogP contribution in [0.2, 0.25) is 0 Å². The van der Waals surface area contributed by atoms with Crippen LogP contribution in [0.15, 0.2) is 24.3 Å². The fourth-order valence-electron chi connectivity index (χ4n) is 1.35. The lowest BCUT2D eigenvalue weighted by molar-refractivity contribution is 0.101. The Hall–Kier alpha value is -2.17. The molecule has 16 heavy (non-hydrogen) atoms. The lowest BCUT2D eigenvalue weighted by Crippen LogP contribution is -2.13. The van der Waals surface area contributed by atoms with Crippen LogP contribution < -0.4 is 5.32 Å². The molecule has 5 nitrogen and oxygen atoms in total. The van der Waals surface area contributed by atoms with Crippen molar-refractivity contribution in [2.45, 2.75) is 13.8 Å². The molecule has 2 rings (SSSR count). The maximum absolute atomic E-state index is 11.7. The van der Waals surface area contributed by atoms with E-state index in [-0.39, 0.29) is 11.7 Å². The van der Waals surface area contributed by atoms with Gasteiger partial charge in [-0.1, -0.05) is 12.1 Å². The number of aryl methyl sites for hydroxylation is 2. The number of nitrogens with one attached hydrogen (secondary N) is 2. The molecule has 1 heterocycles. The van der Waals surface area contributed by atoms with Gasteiger partial charge >= 0.3 is 0 Å². The topological polar surface area (TPSA) is 70.7 Å². The van der Waals surface area contributed by atoms with E-state index >= 15 is 0 Å². The van der Waals surface area contributed by atoms with E-state index in [4.69, 9.17) is 0 Å². The van der Waals surface area contributed by atoms with Gasteiger partial charge < -0.3 is 5.32 Å². The van der Waals surface area contributed by atoms with Crippen molar-refractivity contribution in [1.29, 1.82) is 0 Å². The maximum Gasteiger partial charge on any atom is 0.295 e. The third kappa shape index (κ3) is 2.25. The minimum atomic E-state index is -0.310. The van der Waals surface area contributed by atoms with Crippen LogP contribution >= 0.6 is 0 Å². The van der Waals surface area contributed by atoms with Crippen LogP contribution in [0.1, 0.15) is 22.0 Å². The average molecular weight is 216 g/mol. The molecule has 0 aliphatic heterocycles. The molecule has 2 aromatic rings. The molecule has 1 amide bonds. The van der Waals surface area contributed by atoms with Crippen molar-refractivity contribution in [2.75, 3.05) is 5.32 Å². The quantitative estimate of drug-likeness (QED) is 0.802. The lowest BCUT2D eigenvalue weighted by atomic mass is 10.2. The fraction of sp³-hybridized carbons (Fsp3) is 0.182. The molecule has 0 aliphatic carbocycles. The zero-order valence-corrected chi connectivity index (χ0v) is 9.11. The van der Waals surface area contributed by atoms with Gasteiger partial charge in [-0.15, -0.1) is 5.10 Å². The number of hydrogen-bond donors (Lipinski definition) is 2. The third-order valence-corrected chi connectivity index (χ3v) is 2.08. The van der Waals surface area contributed by atoms with Crippen LogP contribution in [-0.4, -0.2) is 21.1 Å². The second-order valence-corrected chi connectivity index (χ2v) is 3.57. The van der Waals surface area contributed by atoms with Gasteiger partial charge in [0.15, 0.2) is 0 Å². The van der Waals surface area contributed by atoms with Crippen molar-refractivity contribution < 1.29 is 4.79 Å². The minimum absolute atomic E-state index is 0.152. The highest BCUT2D eigenvalue weighted by Gasteiger charge is 2.10. The van der Waals surface area contributed by atoms with E-state index in [1.54, 1.807) is 6.92 Å². The number of anilines is 1. The normalized spacial score (nSPS) is 10.1. The fourth-order valence-corrected chi connectivity index (χ4v) is 1.35. The van der Waals surface area contributed by atoms with Crippen molar-refractivity contribution in [1.82, 2.24) is 15.2 Å². The average Bonchev–Trinajstić information content (AvgIpc) is 2.65. The van der Waals surface area contributed by atoms with Gasteiger partial charge in [0.05, 0.1) is 0 Å². The molecule has 2 N–H and O–H groups in total. The first kappa shape index (κ1) is 10.4. The van der Waals surface area contributed by atoms with Crippen LogP contribution in [0.3, 0.4) is 0 Å². The minimum Gasteiger partial charge on any atom is -0.319 e. The Morgan fingerprint density at radius 2 is 2.19 bits per heavy atom. The summed E-state index contributed by atoms with van der Waals surface area (Å²) in [6.45, 7) is 3.71. The molecule has 0 bridgehead atoms. The number of H-pyrrole nitrogens is 1. The Balaban J connectivity index is 2.13. The third-order valence-electron chi connectivity index (χ3n) is 2.08. The first-order valence-corrected chi connectivity index (χ1v) is 4.92. The predicted molar refractivity (Wildman–Crippen MR) is 60.3 cm³/mol. The van der Waals surface area contributed by atoms with E-state index in [0.29, 0.717) is 5.82 Å². The number of hydrogen-bond acceptors (Lipinski definition) is 3. The second kappa shape index (κ2) is 4.14. The monoisotopic (exact) mass is 216 g/mol. The SMILES string of the molecule is Cc1cccc(NC(=O)c2n[nH]c(C)n2)c1. The summed E-state index contributed by atoms with van der Waals surface area (Å²) in [6, 6.07) is 7.56. The first-order chi connectivity index (χ1) is 7.65. The molecule has 0 unspecified atom stereocenters. The summed E-state index contributed by atoms with van der Waals surface area (Å²) in [4.78, 5) is 15.6.